The summed E-state index contributed by atoms with van der Waals surface area (Å²) in [5.41, 5.74) is 2.34. The van der Waals surface area contributed by atoms with Gasteiger partial charge in [-0.25, -0.2) is 4.79 Å². The number of piperidine rings is 1. The Balaban J connectivity index is 1.44. The van der Waals surface area contributed by atoms with Crippen LogP contribution >= 0.6 is 11.6 Å². The lowest BCUT2D eigenvalue weighted by Gasteiger charge is -2.32. The zero-order valence-electron chi connectivity index (χ0n) is 13.7. The predicted molar refractivity (Wildman–Crippen MR) is 98.1 cm³/mol. The molecule has 1 N–H and O–H groups in total. The Morgan fingerprint density at radius 1 is 1.04 bits per heavy atom. The lowest BCUT2D eigenvalue weighted by Crippen LogP contribution is -2.44. The van der Waals surface area contributed by atoms with Crippen molar-refractivity contribution in [3.05, 3.63) is 70.7 Å². The first kappa shape index (κ1) is 16.8. The minimum Gasteiger partial charge on any atom is -0.334 e. The number of carbonyl (C=O) groups is 1. The van der Waals surface area contributed by atoms with Crippen molar-refractivity contribution in [3.8, 4) is 0 Å². The van der Waals surface area contributed by atoms with E-state index in [9.17, 15) is 4.79 Å². The van der Waals surface area contributed by atoms with Crippen LogP contribution in [0.2, 0.25) is 5.02 Å². The van der Waals surface area contributed by atoms with E-state index in [1.165, 1.54) is 5.56 Å². The van der Waals surface area contributed by atoms with Gasteiger partial charge < -0.3 is 10.2 Å². The minimum atomic E-state index is 0.00748. The third-order valence-electron chi connectivity index (χ3n) is 4.66. The van der Waals surface area contributed by atoms with Crippen LogP contribution in [0, 0.1) is 5.92 Å². The zero-order chi connectivity index (χ0) is 16.8. The first-order valence-corrected chi connectivity index (χ1v) is 8.90. The van der Waals surface area contributed by atoms with Gasteiger partial charge in [-0.3, -0.25) is 0 Å². The number of carbonyl (C=O) groups excluding carboxylic acids is 1. The summed E-state index contributed by atoms with van der Waals surface area (Å²) in [7, 11) is 0. The summed E-state index contributed by atoms with van der Waals surface area (Å²) in [6.07, 6.45) is 3.23. The monoisotopic (exact) mass is 342 g/mol. The van der Waals surface area contributed by atoms with Gasteiger partial charge >= 0.3 is 6.03 Å². The quantitative estimate of drug-likeness (QED) is 0.871. The predicted octanol–water partition coefficient (Wildman–Crippen LogP) is 4.50. The lowest BCUT2D eigenvalue weighted by atomic mass is 9.90. The smallest absolute Gasteiger partial charge is 0.317 e. The van der Waals surface area contributed by atoms with E-state index < -0.39 is 0 Å². The molecule has 0 unspecified atom stereocenters. The average Bonchev–Trinajstić information content (AvgIpc) is 2.62. The maximum absolute atomic E-state index is 12.3. The third kappa shape index (κ3) is 4.51. The van der Waals surface area contributed by atoms with Gasteiger partial charge in [-0.15, -0.1) is 0 Å². The Morgan fingerprint density at radius 3 is 2.42 bits per heavy atom. The molecule has 1 heterocycles. The third-order valence-corrected chi connectivity index (χ3v) is 5.03. The van der Waals surface area contributed by atoms with Gasteiger partial charge in [0.05, 0.1) is 0 Å². The van der Waals surface area contributed by atoms with Crippen molar-refractivity contribution >= 4 is 17.6 Å². The molecular formula is C20H23ClN2O. The highest BCUT2D eigenvalue weighted by Gasteiger charge is 2.22. The van der Waals surface area contributed by atoms with Gasteiger partial charge in [-0.1, -0.05) is 60.1 Å². The highest BCUT2D eigenvalue weighted by atomic mass is 35.5. The van der Waals surface area contributed by atoms with Crippen LogP contribution in [0.25, 0.3) is 0 Å². The number of likely N-dealkylation sites (tertiary alicyclic amines) is 1. The van der Waals surface area contributed by atoms with E-state index in [0.717, 1.165) is 37.9 Å². The van der Waals surface area contributed by atoms with Crippen molar-refractivity contribution in [3.63, 3.8) is 0 Å². The highest BCUT2D eigenvalue weighted by Crippen LogP contribution is 2.22. The van der Waals surface area contributed by atoms with Gasteiger partial charge in [-0.05, 0) is 42.4 Å². The molecule has 2 aromatic rings. The van der Waals surface area contributed by atoms with Crippen LogP contribution in [0.5, 0.6) is 0 Å². The van der Waals surface area contributed by atoms with Gasteiger partial charge in [-0.2, -0.15) is 0 Å². The van der Waals surface area contributed by atoms with Crippen molar-refractivity contribution in [1.82, 2.24) is 10.2 Å². The molecule has 0 spiro atoms. The lowest BCUT2D eigenvalue weighted by molar-refractivity contribution is 0.170. The standard InChI is InChI=1S/C20H23ClN2O/c21-19-9-5-4-8-18(19)15-22-20(24)23-12-10-17(11-13-23)14-16-6-2-1-3-7-16/h1-9,17H,10-15H2,(H,22,24). The molecule has 4 heteroatoms. The number of urea groups is 1. The molecule has 0 radical (unpaired) electrons. The molecule has 3 nitrogen and oxygen atoms in total. The summed E-state index contributed by atoms with van der Waals surface area (Å²) in [6, 6.07) is 18.2. The number of hydrogen-bond donors (Lipinski definition) is 1. The van der Waals surface area contributed by atoms with Crippen LogP contribution in [-0.2, 0) is 13.0 Å². The summed E-state index contributed by atoms with van der Waals surface area (Å²) in [5.74, 6) is 0.667. The van der Waals surface area contributed by atoms with Gasteiger partial charge in [0.2, 0.25) is 0 Å². The number of rotatable bonds is 4. The van der Waals surface area contributed by atoms with Gasteiger partial charge in [0.15, 0.2) is 0 Å². The molecule has 1 aliphatic heterocycles. The SMILES string of the molecule is O=C(NCc1ccccc1Cl)N1CCC(Cc2ccccc2)CC1. The molecule has 0 bridgehead atoms. The van der Waals surface area contributed by atoms with Crippen molar-refractivity contribution in [2.75, 3.05) is 13.1 Å². The minimum absolute atomic E-state index is 0.00748. The Morgan fingerprint density at radius 2 is 1.71 bits per heavy atom. The summed E-state index contributed by atoms with van der Waals surface area (Å²) >= 11 is 6.12. The highest BCUT2D eigenvalue weighted by molar-refractivity contribution is 6.31. The Hall–Kier alpha value is -2.00. The maximum atomic E-state index is 12.3. The van der Waals surface area contributed by atoms with Crippen molar-refractivity contribution in [2.45, 2.75) is 25.8 Å². The van der Waals surface area contributed by atoms with Crippen molar-refractivity contribution in [1.29, 1.82) is 0 Å². The summed E-state index contributed by atoms with van der Waals surface area (Å²) in [5, 5.41) is 3.67. The molecule has 3 rings (SSSR count). The summed E-state index contributed by atoms with van der Waals surface area (Å²) < 4.78 is 0. The number of benzene rings is 2. The number of amides is 2. The molecule has 1 saturated heterocycles. The second-order valence-electron chi connectivity index (χ2n) is 6.37. The first-order valence-electron chi connectivity index (χ1n) is 8.52. The van der Waals surface area contributed by atoms with E-state index in [4.69, 9.17) is 11.6 Å². The Kier molecular flexibility index (Phi) is 5.76. The fraction of sp³-hybridized carbons (Fsp3) is 0.350. The second kappa shape index (κ2) is 8.20. The molecule has 2 aromatic carbocycles. The summed E-state index contributed by atoms with van der Waals surface area (Å²) in [4.78, 5) is 14.2. The number of hydrogen-bond acceptors (Lipinski definition) is 1. The topological polar surface area (TPSA) is 32.3 Å². The maximum Gasteiger partial charge on any atom is 0.317 e. The normalized spacial score (nSPS) is 15.3. The molecule has 0 atom stereocenters. The van der Waals surface area contributed by atoms with E-state index in [1.807, 2.05) is 29.2 Å². The van der Waals surface area contributed by atoms with Crippen LogP contribution in [-0.4, -0.2) is 24.0 Å². The molecule has 0 aromatic heterocycles. The van der Waals surface area contributed by atoms with Crippen LogP contribution in [0.15, 0.2) is 54.6 Å². The van der Waals surface area contributed by atoms with E-state index >= 15 is 0 Å². The van der Waals surface area contributed by atoms with E-state index in [-0.39, 0.29) is 6.03 Å². The second-order valence-corrected chi connectivity index (χ2v) is 6.78. The number of nitrogens with one attached hydrogen (secondary N) is 1. The Labute approximate surface area is 148 Å². The number of nitrogens with zero attached hydrogens (tertiary/aromatic N) is 1. The van der Waals surface area contributed by atoms with Crippen molar-refractivity contribution < 1.29 is 4.79 Å². The fourth-order valence-electron chi connectivity index (χ4n) is 3.21. The molecule has 1 aliphatic rings. The largest absolute Gasteiger partial charge is 0.334 e. The van der Waals surface area contributed by atoms with E-state index in [1.54, 1.807) is 0 Å². The summed E-state index contributed by atoms with van der Waals surface area (Å²) in [6.45, 7) is 2.13. The van der Waals surface area contributed by atoms with Gasteiger partial charge in [0.1, 0.15) is 0 Å². The van der Waals surface area contributed by atoms with Crippen LogP contribution in [0.4, 0.5) is 4.79 Å². The Bertz CT molecular complexity index is 666. The average molecular weight is 343 g/mol. The van der Waals surface area contributed by atoms with E-state index in [0.29, 0.717) is 17.5 Å². The van der Waals surface area contributed by atoms with Crippen LogP contribution < -0.4 is 5.32 Å². The molecule has 24 heavy (non-hydrogen) atoms. The zero-order valence-corrected chi connectivity index (χ0v) is 14.5. The fourth-order valence-corrected chi connectivity index (χ4v) is 3.41. The number of halogens is 1. The van der Waals surface area contributed by atoms with Gasteiger partial charge in [0, 0.05) is 24.7 Å². The van der Waals surface area contributed by atoms with Crippen molar-refractivity contribution in [2.24, 2.45) is 5.92 Å². The molecular weight excluding hydrogens is 320 g/mol. The molecule has 0 aliphatic carbocycles. The van der Waals surface area contributed by atoms with E-state index in [2.05, 4.69) is 35.6 Å². The van der Waals surface area contributed by atoms with Crippen LogP contribution in [0.3, 0.4) is 0 Å². The molecule has 2 amide bonds. The molecule has 126 valence electrons. The molecule has 1 fully saturated rings. The molecule has 0 saturated carbocycles. The van der Waals surface area contributed by atoms with Gasteiger partial charge in [0.25, 0.3) is 0 Å². The van der Waals surface area contributed by atoms with Crippen LogP contribution in [0.1, 0.15) is 24.0 Å². The first-order chi connectivity index (χ1) is 11.7.